The number of amides is 1. The summed E-state index contributed by atoms with van der Waals surface area (Å²) < 4.78 is 26.0. The number of aryl methyl sites for hydroxylation is 3. The molecule has 0 aromatic heterocycles. The minimum Gasteiger partial charge on any atom is -0.346 e. The Hall–Kier alpha value is -2.83. The molecule has 0 aliphatic heterocycles. The summed E-state index contributed by atoms with van der Waals surface area (Å²) in [5, 5.41) is 3.52. The van der Waals surface area contributed by atoms with Crippen LogP contribution in [0.2, 0.25) is 5.02 Å². The van der Waals surface area contributed by atoms with Crippen molar-refractivity contribution >= 4 is 33.2 Å². The molecule has 0 saturated heterocycles. The van der Waals surface area contributed by atoms with Crippen molar-refractivity contribution in [2.24, 2.45) is 0 Å². The standard InChI is InChI=1S/C26H29ClN2O3S/c1-17-13-19(3)25(14-18(17)2)20(4)28-26(30)22-11-9-21(10-12-22)16-29(33(5,31)32)24-8-6-7-23(27)15-24/h6-15,20H,16H2,1-5H3,(H,28,30). The molecular weight excluding hydrogens is 456 g/mol. The quantitative estimate of drug-likeness (QED) is 0.466. The summed E-state index contributed by atoms with van der Waals surface area (Å²) in [6.07, 6.45) is 1.16. The van der Waals surface area contributed by atoms with Crippen LogP contribution in [0.3, 0.4) is 0 Å². The Bertz CT molecular complexity index is 1270. The second kappa shape index (κ2) is 9.98. The van der Waals surface area contributed by atoms with Crippen molar-refractivity contribution in [2.75, 3.05) is 10.6 Å². The molecule has 0 spiro atoms. The molecule has 1 atom stereocenters. The third-order valence-corrected chi connectivity index (χ3v) is 7.11. The lowest BCUT2D eigenvalue weighted by Gasteiger charge is -2.23. The van der Waals surface area contributed by atoms with Gasteiger partial charge in [-0.05, 0) is 85.8 Å². The summed E-state index contributed by atoms with van der Waals surface area (Å²) in [7, 11) is -3.52. The molecule has 1 unspecified atom stereocenters. The van der Waals surface area contributed by atoms with E-state index in [0.29, 0.717) is 16.3 Å². The van der Waals surface area contributed by atoms with E-state index in [2.05, 4.69) is 31.3 Å². The Labute approximate surface area is 201 Å². The molecule has 7 heteroatoms. The van der Waals surface area contributed by atoms with Crippen LogP contribution in [0.25, 0.3) is 0 Å². The maximum Gasteiger partial charge on any atom is 0.251 e. The van der Waals surface area contributed by atoms with Gasteiger partial charge >= 0.3 is 0 Å². The van der Waals surface area contributed by atoms with Crippen LogP contribution < -0.4 is 9.62 Å². The van der Waals surface area contributed by atoms with E-state index in [-0.39, 0.29) is 18.5 Å². The zero-order valence-corrected chi connectivity index (χ0v) is 21.1. The van der Waals surface area contributed by atoms with Crippen LogP contribution in [0.15, 0.2) is 60.7 Å². The minimum atomic E-state index is -3.52. The first kappa shape index (κ1) is 24.8. The van der Waals surface area contributed by atoms with E-state index in [1.807, 2.05) is 13.8 Å². The molecule has 1 amide bonds. The van der Waals surface area contributed by atoms with E-state index in [0.717, 1.165) is 22.9 Å². The van der Waals surface area contributed by atoms with Gasteiger partial charge in [0.1, 0.15) is 0 Å². The fourth-order valence-corrected chi connectivity index (χ4v) is 4.83. The van der Waals surface area contributed by atoms with Gasteiger partial charge in [-0.15, -0.1) is 0 Å². The normalized spacial score (nSPS) is 12.3. The number of hydrogen-bond acceptors (Lipinski definition) is 3. The van der Waals surface area contributed by atoms with Gasteiger partial charge in [0.15, 0.2) is 0 Å². The zero-order chi connectivity index (χ0) is 24.3. The van der Waals surface area contributed by atoms with Crippen molar-refractivity contribution < 1.29 is 13.2 Å². The number of carbonyl (C=O) groups is 1. The van der Waals surface area contributed by atoms with Crippen molar-refractivity contribution in [3.8, 4) is 0 Å². The summed E-state index contributed by atoms with van der Waals surface area (Å²) in [5.74, 6) is -0.179. The van der Waals surface area contributed by atoms with Gasteiger partial charge in [0.05, 0.1) is 24.5 Å². The van der Waals surface area contributed by atoms with Gasteiger partial charge in [-0.3, -0.25) is 9.10 Å². The Morgan fingerprint density at radius 2 is 1.61 bits per heavy atom. The molecule has 0 aliphatic carbocycles. The Balaban J connectivity index is 1.75. The lowest BCUT2D eigenvalue weighted by Crippen LogP contribution is -2.29. The summed E-state index contributed by atoms with van der Waals surface area (Å²) in [5.41, 5.74) is 6.42. The SMILES string of the molecule is Cc1cc(C)c(C(C)NC(=O)c2ccc(CN(c3cccc(Cl)c3)S(C)(=O)=O)cc2)cc1C. The van der Waals surface area contributed by atoms with Gasteiger partial charge in [0, 0.05) is 10.6 Å². The van der Waals surface area contributed by atoms with E-state index >= 15 is 0 Å². The maximum absolute atomic E-state index is 12.8. The van der Waals surface area contributed by atoms with Gasteiger partial charge < -0.3 is 5.32 Å². The number of hydrogen-bond donors (Lipinski definition) is 1. The van der Waals surface area contributed by atoms with Crippen LogP contribution in [0, 0.1) is 20.8 Å². The van der Waals surface area contributed by atoms with Gasteiger partial charge in [0.2, 0.25) is 10.0 Å². The molecule has 5 nitrogen and oxygen atoms in total. The highest BCUT2D eigenvalue weighted by molar-refractivity contribution is 7.92. The first-order chi connectivity index (χ1) is 15.5. The zero-order valence-electron chi connectivity index (χ0n) is 19.5. The molecule has 0 aliphatic rings. The first-order valence-electron chi connectivity index (χ1n) is 10.7. The van der Waals surface area contributed by atoms with Gasteiger partial charge in [0.25, 0.3) is 5.91 Å². The van der Waals surface area contributed by atoms with Gasteiger partial charge in [-0.25, -0.2) is 8.42 Å². The molecule has 33 heavy (non-hydrogen) atoms. The average molecular weight is 485 g/mol. The maximum atomic E-state index is 12.8. The van der Waals surface area contributed by atoms with Crippen LogP contribution in [-0.2, 0) is 16.6 Å². The lowest BCUT2D eigenvalue weighted by molar-refractivity contribution is 0.0940. The van der Waals surface area contributed by atoms with E-state index in [1.54, 1.807) is 48.5 Å². The summed E-state index contributed by atoms with van der Waals surface area (Å²) in [6, 6.07) is 17.8. The fourth-order valence-electron chi connectivity index (χ4n) is 3.77. The van der Waals surface area contributed by atoms with Crippen LogP contribution >= 0.6 is 11.6 Å². The molecule has 3 aromatic carbocycles. The lowest BCUT2D eigenvalue weighted by atomic mass is 9.96. The first-order valence-corrected chi connectivity index (χ1v) is 12.9. The third-order valence-electron chi connectivity index (χ3n) is 5.74. The molecule has 0 radical (unpaired) electrons. The predicted octanol–water partition coefficient (Wildman–Crippen LogP) is 5.72. The molecular formula is C26H29ClN2O3S. The van der Waals surface area contributed by atoms with E-state index < -0.39 is 10.0 Å². The summed E-state index contributed by atoms with van der Waals surface area (Å²) in [4.78, 5) is 12.8. The van der Waals surface area contributed by atoms with Crippen molar-refractivity contribution in [1.29, 1.82) is 0 Å². The number of rotatable bonds is 7. The topological polar surface area (TPSA) is 66.5 Å². The molecule has 0 saturated carbocycles. The highest BCUT2D eigenvalue weighted by Gasteiger charge is 2.19. The second-order valence-electron chi connectivity index (χ2n) is 8.43. The van der Waals surface area contributed by atoms with Crippen LogP contribution in [-0.4, -0.2) is 20.6 Å². The minimum absolute atomic E-state index is 0.138. The number of nitrogens with zero attached hydrogens (tertiary/aromatic N) is 1. The Morgan fingerprint density at radius 3 is 2.21 bits per heavy atom. The van der Waals surface area contributed by atoms with E-state index in [9.17, 15) is 13.2 Å². The van der Waals surface area contributed by atoms with Crippen LogP contribution in [0.5, 0.6) is 0 Å². The monoisotopic (exact) mass is 484 g/mol. The van der Waals surface area contributed by atoms with E-state index in [4.69, 9.17) is 11.6 Å². The highest BCUT2D eigenvalue weighted by atomic mass is 35.5. The smallest absolute Gasteiger partial charge is 0.251 e. The molecule has 3 rings (SSSR count). The number of carbonyl (C=O) groups excluding carboxylic acids is 1. The number of benzene rings is 3. The number of nitrogens with one attached hydrogen (secondary N) is 1. The molecule has 1 N–H and O–H groups in total. The second-order valence-corrected chi connectivity index (χ2v) is 10.8. The van der Waals surface area contributed by atoms with Gasteiger partial charge in [-0.2, -0.15) is 0 Å². The predicted molar refractivity (Wildman–Crippen MR) is 135 cm³/mol. The van der Waals surface area contributed by atoms with Gasteiger partial charge in [-0.1, -0.05) is 41.9 Å². The fraction of sp³-hybridized carbons (Fsp3) is 0.269. The number of sulfonamides is 1. The van der Waals surface area contributed by atoms with E-state index in [1.165, 1.54) is 15.4 Å². The molecule has 0 heterocycles. The third kappa shape index (κ3) is 6.15. The number of anilines is 1. The van der Waals surface area contributed by atoms with Crippen LogP contribution in [0.4, 0.5) is 5.69 Å². The molecule has 0 bridgehead atoms. The largest absolute Gasteiger partial charge is 0.346 e. The van der Waals surface area contributed by atoms with Crippen molar-refractivity contribution in [2.45, 2.75) is 40.3 Å². The molecule has 3 aromatic rings. The highest BCUT2D eigenvalue weighted by Crippen LogP contribution is 2.25. The van der Waals surface area contributed by atoms with Crippen molar-refractivity contribution in [1.82, 2.24) is 5.32 Å². The average Bonchev–Trinajstić information content (AvgIpc) is 2.74. The Kier molecular flexibility index (Phi) is 7.50. The molecule has 0 fully saturated rings. The number of halogens is 1. The summed E-state index contributed by atoms with van der Waals surface area (Å²) in [6.45, 7) is 8.30. The van der Waals surface area contributed by atoms with Crippen LogP contribution in [0.1, 0.15) is 51.1 Å². The summed E-state index contributed by atoms with van der Waals surface area (Å²) >= 11 is 6.04. The van der Waals surface area contributed by atoms with Crippen molar-refractivity contribution in [3.63, 3.8) is 0 Å². The molecule has 174 valence electrons. The Morgan fingerprint density at radius 1 is 0.970 bits per heavy atom. The van der Waals surface area contributed by atoms with Crippen molar-refractivity contribution in [3.05, 3.63) is 99.1 Å².